The molecule has 0 spiro atoms. The molecule has 2 unspecified atom stereocenters. The van der Waals surface area contributed by atoms with E-state index in [0.29, 0.717) is 11.5 Å². The molecule has 1 fully saturated rings. The molecule has 2 nitrogen and oxygen atoms in total. The van der Waals surface area contributed by atoms with Crippen LogP contribution in [0.15, 0.2) is 5.38 Å². The first-order valence-electron chi connectivity index (χ1n) is 5.14. The molecule has 1 heterocycles. The van der Waals surface area contributed by atoms with Gasteiger partial charge in [0, 0.05) is 5.38 Å². The third-order valence-electron chi connectivity index (χ3n) is 3.26. The summed E-state index contributed by atoms with van der Waals surface area (Å²) in [6, 6.07) is 0.454. The first-order valence-corrected chi connectivity index (χ1v) is 6.02. The molecule has 1 aliphatic rings. The third-order valence-corrected chi connectivity index (χ3v) is 4.05. The predicted molar refractivity (Wildman–Crippen MR) is 60.5 cm³/mol. The van der Waals surface area contributed by atoms with Crippen LogP contribution in [0.4, 0.5) is 0 Å². The lowest BCUT2D eigenvalue weighted by molar-refractivity contribution is 0.434. The van der Waals surface area contributed by atoms with Crippen LogP contribution in [-0.2, 0) is 0 Å². The maximum Gasteiger partial charge on any atom is 0.0898 e. The molecule has 0 aliphatic heterocycles. The van der Waals surface area contributed by atoms with Crippen molar-refractivity contribution in [2.45, 2.75) is 33.2 Å². The summed E-state index contributed by atoms with van der Waals surface area (Å²) >= 11 is 1.74. The Labute approximate surface area is 89.8 Å². The molecule has 0 bridgehead atoms. The Morgan fingerprint density at radius 2 is 2.29 bits per heavy atom. The van der Waals surface area contributed by atoms with E-state index in [1.165, 1.54) is 17.1 Å². The van der Waals surface area contributed by atoms with Crippen LogP contribution < -0.4 is 5.32 Å². The predicted octanol–water partition coefficient (Wildman–Crippen LogP) is 2.76. The fourth-order valence-corrected chi connectivity index (χ4v) is 2.80. The van der Waals surface area contributed by atoms with Gasteiger partial charge in [-0.2, -0.15) is 0 Å². The molecule has 3 heteroatoms. The second-order valence-electron chi connectivity index (χ2n) is 4.86. The van der Waals surface area contributed by atoms with Crippen LogP contribution in [0.5, 0.6) is 0 Å². The van der Waals surface area contributed by atoms with Gasteiger partial charge in [-0.15, -0.1) is 11.3 Å². The quantitative estimate of drug-likeness (QED) is 0.830. The van der Waals surface area contributed by atoms with Crippen molar-refractivity contribution in [3.05, 3.63) is 16.1 Å². The number of nitrogens with zero attached hydrogens (tertiary/aromatic N) is 1. The second-order valence-corrected chi connectivity index (χ2v) is 5.92. The Balaban J connectivity index is 2.15. The normalized spacial score (nSPS) is 26.1. The van der Waals surface area contributed by atoms with Crippen molar-refractivity contribution in [1.29, 1.82) is 0 Å². The summed E-state index contributed by atoms with van der Waals surface area (Å²) in [5.41, 5.74) is 1.73. The minimum Gasteiger partial charge on any atom is -0.311 e. The molecule has 1 aliphatic carbocycles. The minimum absolute atomic E-state index is 0.454. The van der Waals surface area contributed by atoms with Gasteiger partial charge in [-0.05, 0) is 31.7 Å². The summed E-state index contributed by atoms with van der Waals surface area (Å²) in [6.07, 6.45) is 1.31. The van der Waals surface area contributed by atoms with Gasteiger partial charge >= 0.3 is 0 Å². The zero-order valence-corrected chi connectivity index (χ0v) is 10.1. The van der Waals surface area contributed by atoms with Gasteiger partial charge in [0.2, 0.25) is 0 Å². The molecular formula is C11H18N2S. The van der Waals surface area contributed by atoms with Gasteiger partial charge in [0.15, 0.2) is 0 Å². The topological polar surface area (TPSA) is 24.9 Å². The first kappa shape index (κ1) is 10.1. The van der Waals surface area contributed by atoms with E-state index >= 15 is 0 Å². The molecule has 14 heavy (non-hydrogen) atoms. The van der Waals surface area contributed by atoms with E-state index in [1.807, 2.05) is 7.05 Å². The number of nitrogens with one attached hydrogen (secondary N) is 1. The zero-order chi connectivity index (χ0) is 10.3. The molecule has 0 radical (unpaired) electrons. The highest BCUT2D eigenvalue weighted by atomic mass is 32.1. The van der Waals surface area contributed by atoms with Crippen LogP contribution in [0.1, 0.15) is 37.0 Å². The zero-order valence-electron chi connectivity index (χ0n) is 9.29. The molecular weight excluding hydrogens is 192 g/mol. The molecule has 1 N–H and O–H groups in total. The SMILES string of the molecule is CNC(c1csc(C)n1)C1CC1(C)C. The first-order chi connectivity index (χ1) is 6.54. The Hall–Kier alpha value is -0.410. The fraction of sp³-hybridized carbons (Fsp3) is 0.727. The molecule has 78 valence electrons. The average Bonchev–Trinajstić information content (AvgIpc) is 2.56. The van der Waals surface area contributed by atoms with E-state index in [0.717, 1.165) is 5.92 Å². The maximum atomic E-state index is 4.56. The smallest absolute Gasteiger partial charge is 0.0898 e. The third kappa shape index (κ3) is 1.71. The van der Waals surface area contributed by atoms with Gasteiger partial charge in [0.05, 0.1) is 16.7 Å². The lowest BCUT2D eigenvalue weighted by Crippen LogP contribution is -2.20. The highest BCUT2D eigenvalue weighted by molar-refractivity contribution is 7.09. The molecule has 1 aromatic rings. The summed E-state index contributed by atoms with van der Waals surface area (Å²) < 4.78 is 0. The van der Waals surface area contributed by atoms with Crippen molar-refractivity contribution < 1.29 is 0 Å². The second kappa shape index (κ2) is 3.31. The Morgan fingerprint density at radius 1 is 1.64 bits per heavy atom. The number of hydrogen-bond donors (Lipinski definition) is 1. The van der Waals surface area contributed by atoms with Crippen molar-refractivity contribution in [3.63, 3.8) is 0 Å². The number of aromatic nitrogens is 1. The van der Waals surface area contributed by atoms with E-state index in [-0.39, 0.29) is 0 Å². The minimum atomic E-state index is 0.454. The summed E-state index contributed by atoms with van der Waals surface area (Å²) in [5, 5.41) is 6.74. The van der Waals surface area contributed by atoms with Crippen molar-refractivity contribution in [2.24, 2.45) is 11.3 Å². The van der Waals surface area contributed by atoms with Gasteiger partial charge in [0.1, 0.15) is 0 Å². The monoisotopic (exact) mass is 210 g/mol. The Morgan fingerprint density at radius 3 is 2.64 bits per heavy atom. The van der Waals surface area contributed by atoms with Crippen LogP contribution >= 0.6 is 11.3 Å². The number of rotatable bonds is 3. The van der Waals surface area contributed by atoms with Gasteiger partial charge in [-0.25, -0.2) is 4.98 Å². The van der Waals surface area contributed by atoms with Gasteiger partial charge in [0.25, 0.3) is 0 Å². The summed E-state index contributed by atoms with van der Waals surface area (Å²) in [6.45, 7) is 6.74. The standard InChI is InChI=1S/C11H18N2S/c1-7-13-9(6-14-7)10(12-4)8-5-11(8,2)3/h6,8,10,12H,5H2,1-4H3. The average molecular weight is 210 g/mol. The maximum absolute atomic E-state index is 4.56. The highest BCUT2D eigenvalue weighted by Gasteiger charge is 2.50. The van der Waals surface area contributed by atoms with E-state index in [2.05, 4.69) is 36.5 Å². The van der Waals surface area contributed by atoms with Crippen LogP contribution in [0.2, 0.25) is 0 Å². The van der Waals surface area contributed by atoms with E-state index in [1.54, 1.807) is 11.3 Å². The van der Waals surface area contributed by atoms with Crippen molar-refractivity contribution in [3.8, 4) is 0 Å². The summed E-state index contributed by atoms with van der Waals surface area (Å²) in [5.74, 6) is 0.758. The molecule has 0 aromatic carbocycles. The largest absolute Gasteiger partial charge is 0.311 e. The molecule has 0 saturated heterocycles. The lowest BCUT2D eigenvalue weighted by atomic mass is 10.0. The van der Waals surface area contributed by atoms with Gasteiger partial charge in [-0.3, -0.25) is 0 Å². The number of hydrogen-bond acceptors (Lipinski definition) is 3. The molecule has 1 saturated carbocycles. The number of aryl methyl sites for hydroxylation is 1. The summed E-state index contributed by atoms with van der Waals surface area (Å²) in [7, 11) is 2.04. The van der Waals surface area contributed by atoms with Gasteiger partial charge < -0.3 is 5.32 Å². The van der Waals surface area contributed by atoms with Crippen LogP contribution in [0.3, 0.4) is 0 Å². The molecule has 0 amide bonds. The van der Waals surface area contributed by atoms with E-state index in [9.17, 15) is 0 Å². The van der Waals surface area contributed by atoms with Gasteiger partial charge in [-0.1, -0.05) is 13.8 Å². The van der Waals surface area contributed by atoms with Crippen LogP contribution in [-0.4, -0.2) is 12.0 Å². The summed E-state index contributed by atoms with van der Waals surface area (Å²) in [4.78, 5) is 4.56. The van der Waals surface area contributed by atoms with Crippen LogP contribution in [0.25, 0.3) is 0 Å². The van der Waals surface area contributed by atoms with Crippen molar-refractivity contribution in [2.75, 3.05) is 7.05 Å². The highest BCUT2D eigenvalue weighted by Crippen LogP contribution is 2.57. The molecule has 2 atom stereocenters. The van der Waals surface area contributed by atoms with Crippen molar-refractivity contribution in [1.82, 2.24) is 10.3 Å². The van der Waals surface area contributed by atoms with Crippen LogP contribution in [0, 0.1) is 18.3 Å². The fourth-order valence-electron chi connectivity index (χ4n) is 2.16. The van der Waals surface area contributed by atoms with E-state index < -0.39 is 0 Å². The molecule has 1 aromatic heterocycles. The van der Waals surface area contributed by atoms with E-state index in [4.69, 9.17) is 0 Å². The van der Waals surface area contributed by atoms with Crippen molar-refractivity contribution >= 4 is 11.3 Å². The Bertz CT molecular complexity index is 330. The number of thiazole rings is 1. The lowest BCUT2D eigenvalue weighted by Gasteiger charge is -2.15. The molecule has 2 rings (SSSR count). The Kier molecular flexibility index (Phi) is 2.40.